The molecule has 1 aromatic rings. The highest BCUT2D eigenvalue weighted by Crippen LogP contribution is 2.13. The Balaban J connectivity index is 1.87. The standard InChI is InChI=1S/C23H38N2O2/c1-2-3-4-5-6-7-8-9-10-11-12-13-14-15-23(27)25-24-20-21-16-18-22(26)19-17-21/h16-20,26H,2-15H2,1H3,(H,25,27)/b24-20+. The van der Waals surface area contributed by atoms with Crippen molar-refractivity contribution in [2.24, 2.45) is 5.10 Å². The van der Waals surface area contributed by atoms with Crippen LogP contribution in [0.4, 0.5) is 0 Å². The summed E-state index contributed by atoms with van der Waals surface area (Å²) in [5, 5.41) is 13.2. The number of hydrazone groups is 1. The molecule has 0 spiro atoms. The van der Waals surface area contributed by atoms with E-state index in [4.69, 9.17) is 0 Å². The average Bonchev–Trinajstić information content (AvgIpc) is 2.67. The summed E-state index contributed by atoms with van der Waals surface area (Å²) in [5.41, 5.74) is 3.40. The third-order valence-corrected chi connectivity index (χ3v) is 4.80. The Hall–Kier alpha value is -1.84. The van der Waals surface area contributed by atoms with E-state index in [2.05, 4.69) is 17.5 Å². The second-order valence-corrected chi connectivity index (χ2v) is 7.38. The summed E-state index contributed by atoms with van der Waals surface area (Å²) in [6.45, 7) is 2.26. The molecule has 2 N–H and O–H groups in total. The molecule has 4 heteroatoms. The summed E-state index contributed by atoms with van der Waals surface area (Å²) >= 11 is 0. The van der Waals surface area contributed by atoms with Gasteiger partial charge in [-0.1, -0.05) is 84.0 Å². The molecule has 0 aliphatic rings. The molecule has 1 aromatic carbocycles. The van der Waals surface area contributed by atoms with E-state index in [0.717, 1.165) is 18.4 Å². The van der Waals surface area contributed by atoms with Crippen LogP contribution in [-0.2, 0) is 4.79 Å². The van der Waals surface area contributed by atoms with Gasteiger partial charge in [0.05, 0.1) is 6.21 Å². The van der Waals surface area contributed by atoms with Gasteiger partial charge in [0.15, 0.2) is 0 Å². The van der Waals surface area contributed by atoms with Gasteiger partial charge in [-0.15, -0.1) is 0 Å². The smallest absolute Gasteiger partial charge is 0.240 e. The Bertz CT molecular complexity index is 512. The van der Waals surface area contributed by atoms with Crippen LogP contribution in [-0.4, -0.2) is 17.2 Å². The minimum Gasteiger partial charge on any atom is -0.508 e. The number of nitrogens with zero attached hydrogens (tertiary/aromatic N) is 1. The molecule has 0 fully saturated rings. The Morgan fingerprint density at radius 3 is 1.85 bits per heavy atom. The molecule has 27 heavy (non-hydrogen) atoms. The highest BCUT2D eigenvalue weighted by Gasteiger charge is 1.99. The first kappa shape index (κ1) is 23.2. The van der Waals surface area contributed by atoms with Gasteiger partial charge in [-0.2, -0.15) is 5.10 Å². The van der Waals surface area contributed by atoms with Crippen molar-refractivity contribution in [3.05, 3.63) is 29.8 Å². The first-order valence-electron chi connectivity index (χ1n) is 10.8. The number of hydrogen-bond acceptors (Lipinski definition) is 3. The van der Waals surface area contributed by atoms with Gasteiger partial charge < -0.3 is 5.11 Å². The van der Waals surface area contributed by atoms with Gasteiger partial charge in [0.1, 0.15) is 5.75 Å². The Kier molecular flexibility index (Phi) is 14.0. The van der Waals surface area contributed by atoms with E-state index in [1.54, 1.807) is 30.5 Å². The van der Waals surface area contributed by atoms with Crippen LogP contribution in [0.1, 0.15) is 102 Å². The number of phenolic OH excluding ortho intramolecular Hbond substituents is 1. The van der Waals surface area contributed by atoms with Gasteiger partial charge in [0, 0.05) is 6.42 Å². The lowest BCUT2D eigenvalue weighted by molar-refractivity contribution is -0.121. The van der Waals surface area contributed by atoms with Crippen molar-refractivity contribution in [3.8, 4) is 5.75 Å². The third kappa shape index (κ3) is 14.0. The van der Waals surface area contributed by atoms with E-state index in [1.165, 1.54) is 70.6 Å². The van der Waals surface area contributed by atoms with E-state index >= 15 is 0 Å². The summed E-state index contributed by atoms with van der Waals surface area (Å²) in [4.78, 5) is 11.7. The Morgan fingerprint density at radius 2 is 1.33 bits per heavy atom. The second kappa shape index (κ2) is 16.3. The molecule has 0 aromatic heterocycles. The van der Waals surface area contributed by atoms with Gasteiger partial charge in [-0.05, 0) is 36.2 Å². The molecular weight excluding hydrogens is 336 g/mol. The van der Waals surface area contributed by atoms with Crippen molar-refractivity contribution in [3.63, 3.8) is 0 Å². The van der Waals surface area contributed by atoms with Crippen LogP contribution in [0.3, 0.4) is 0 Å². The fraction of sp³-hybridized carbons (Fsp3) is 0.652. The monoisotopic (exact) mass is 374 g/mol. The quantitative estimate of drug-likeness (QED) is 0.202. The molecule has 1 rings (SSSR count). The lowest BCUT2D eigenvalue weighted by Crippen LogP contribution is -2.16. The molecule has 4 nitrogen and oxygen atoms in total. The van der Waals surface area contributed by atoms with Crippen LogP contribution in [0.2, 0.25) is 0 Å². The molecule has 0 bridgehead atoms. The highest BCUT2D eigenvalue weighted by molar-refractivity contribution is 5.82. The van der Waals surface area contributed by atoms with Crippen LogP contribution in [0.15, 0.2) is 29.4 Å². The summed E-state index contributed by atoms with van der Waals surface area (Å²) < 4.78 is 0. The van der Waals surface area contributed by atoms with E-state index in [9.17, 15) is 9.90 Å². The van der Waals surface area contributed by atoms with Crippen LogP contribution in [0.5, 0.6) is 5.75 Å². The number of benzene rings is 1. The summed E-state index contributed by atoms with van der Waals surface area (Å²) in [6.07, 6.45) is 19.1. The molecule has 1 amide bonds. The zero-order chi connectivity index (χ0) is 19.6. The number of nitrogens with one attached hydrogen (secondary N) is 1. The SMILES string of the molecule is CCCCCCCCCCCCCCCC(=O)N/N=C/c1ccc(O)cc1. The highest BCUT2D eigenvalue weighted by atomic mass is 16.3. The number of unbranched alkanes of at least 4 members (excludes halogenated alkanes) is 12. The fourth-order valence-corrected chi connectivity index (χ4v) is 3.10. The van der Waals surface area contributed by atoms with Gasteiger partial charge in [0.25, 0.3) is 0 Å². The molecule has 0 aliphatic heterocycles. The fourth-order valence-electron chi connectivity index (χ4n) is 3.10. The van der Waals surface area contributed by atoms with Crippen molar-refractivity contribution < 1.29 is 9.90 Å². The molecular formula is C23H38N2O2. The van der Waals surface area contributed by atoms with E-state index in [1.807, 2.05) is 0 Å². The molecule has 0 heterocycles. The van der Waals surface area contributed by atoms with Crippen molar-refractivity contribution in [2.75, 3.05) is 0 Å². The molecule has 0 atom stereocenters. The van der Waals surface area contributed by atoms with Crippen molar-refractivity contribution in [2.45, 2.75) is 96.8 Å². The van der Waals surface area contributed by atoms with Crippen LogP contribution in [0.25, 0.3) is 0 Å². The van der Waals surface area contributed by atoms with Crippen molar-refractivity contribution >= 4 is 12.1 Å². The van der Waals surface area contributed by atoms with Gasteiger partial charge >= 0.3 is 0 Å². The lowest BCUT2D eigenvalue weighted by Gasteiger charge is -2.03. The molecule has 0 saturated carbocycles. The molecule has 152 valence electrons. The minimum absolute atomic E-state index is 0.0342. The molecule has 0 radical (unpaired) electrons. The zero-order valence-corrected chi connectivity index (χ0v) is 17.1. The largest absolute Gasteiger partial charge is 0.508 e. The zero-order valence-electron chi connectivity index (χ0n) is 17.1. The minimum atomic E-state index is -0.0342. The summed E-state index contributed by atoms with van der Waals surface area (Å²) in [5.74, 6) is 0.187. The third-order valence-electron chi connectivity index (χ3n) is 4.80. The second-order valence-electron chi connectivity index (χ2n) is 7.38. The van der Waals surface area contributed by atoms with Crippen LogP contribution < -0.4 is 5.43 Å². The molecule has 0 unspecified atom stereocenters. The number of hydrogen-bond donors (Lipinski definition) is 2. The summed E-state index contributed by atoms with van der Waals surface area (Å²) in [7, 11) is 0. The maximum Gasteiger partial charge on any atom is 0.240 e. The van der Waals surface area contributed by atoms with Gasteiger partial charge in [0.2, 0.25) is 5.91 Å². The number of rotatable bonds is 16. The van der Waals surface area contributed by atoms with Crippen molar-refractivity contribution in [1.29, 1.82) is 0 Å². The van der Waals surface area contributed by atoms with Crippen LogP contribution in [0, 0.1) is 0 Å². The Labute approximate surface area is 165 Å². The van der Waals surface area contributed by atoms with Gasteiger partial charge in [-0.3, -0.25) is 4.79 Å². The predicted octanol–water partition coefficient (Wildman–Crippen LogP) is 6.32. The molecule has 0 aliphatic carbocycles. The predicted molar refractivity (Wildman–Crippen MR) is 114 cm³/mol. The Morgan fingerprint density at radius 1 is 0.852 bits per heavy atom. The number of carbonyl (C=O) groups is 1. The first-order chi connectivity index (χ1) is 13.2. The average molecular weight is 375 g/mol. The van der Waals surface area contributed by atoms with E-state index in [0.29, 0.717) is 6.42 Å². The maximum absolute atomic E-state index is 11.7. The lowest BCUT2D eigenvalue weighted by atomic mass is 10.0. The number of aromatic hydroxyl groups is 1. The number of carbonyl (C=O) groups excluding carboxylic acids is 1. The number of amides is 1. The topological polar surface area (TPSA) is 61.7 Å². The van der Waals surface area contributed by atoms with Crippen LogP contribution >= 0.6 is 0 Å². The summed E-state index contributed by atoms with van der Waals surface area (Å²) in [6, 6.07) is 6.68. The number of phenols is 1. The van der Waals surface area contributed by atoms with E-state index < -0.39 is 0 Å². The van der Waals surface area contributed by atoms with E-state index in [-0.39, 0.29) is 11.7 Å². The maximum atomic E-state index is 11.7. The van der Waals surface area contributed by atoms with Crippen molar-refractivity contribution in [1.82, 2.24) is 5.43 Å². The molecule has 0 saturated heterocycles. The normalized spacial score (nSPS) is 11.1. The van der Waals surface area contributed by atoms with Gasteiger partial charge in [-0.25, -0.2) is 5.43 Å². The first-order valence-corrected chi connectivity index (χ1v) is 10.8.